The van der Waals surface area contributed by atoms with Crippen molar-refractivity contribution in [2.75, 3.05) is 28.3 Å². The van der Waals surface area contributed by atoms with Gasteiger partial charge < -0.3 is 25.0 Å². The Kier molecular flexibility index (Phi) is 5.71. The molecule has 2 N–H and O–H groups in total. The Morgan fingerprint density at radius 2 is 1.88 bits per heavy atom. The molecule has 0 spiro atoms. The molecule has 24 heavy (non-hydrogen) atoms. The largest absolute Gasteiger partial charge is 0.496 e. The highest BCUT2D eigenvalue weighted by atomic mass is 79.9. The number of thiocarbonyl (C=S) groups is 1. The summed E-state index contributed by atoms with van der Waals surface area (Å²) >= 11 is 8.75. The van der Waals surface area contributed by atoms with Crippen LogP contribution >= 0.6 is 28.1 Å². The zero-order valence-electron chi connectivity index (χ0n) is 14.2. The van der Waals surface area contributed by atoms with Gasteiger partial charge in [0, 0.05) is 31.4 Å². The zero-order valence-corrected chi connectivity index (χ0v) is 16.6. The standard InChI is InChI=1S/C16H20BrN3O3S/c1-8-13(15(21)20(2)3)14(19-16(24)18-8)9-6-10(17)12(23-5)7-11(9)22-4/h6-7,14H,1-5H3,(H2,18,19,24)/t14-/m1/s1. The molecule has 8 heteroatoms. The van der Waals surface area contributed by atoms with E-state index in [0.29, 0.717) is 22.2 Å². The van der Waals surface area contributed by atoms with Crippen LogP contribution in [0.2, 0.25) is 0 Å². The number of likely N-dealkylation sites (N-methyl/N-ethyl adjacent to an activating group) is 1. The summed E-state index contributed by atoms with van der Waals surface area (Å²) in [6, 6.07) is 3.23. The molecule has 0 saturated heterocycles. The van der Waals surface area contributed by atoms with Crippen LogP contribution in [0.3, 0.4) is 0 Å². The van der Waals surface area contributed by atoms with Crippen molar-refractivity contribution < 1.29 is 14.3 Å². The highest BCUT2D eigenvalue weighted by molar-refractivity contribution is 9.10. The van der Waals surface area contributed by atoms with Crippen LogP contribution in [0.25, 0.3) is 0 Å². The average Bonchev–Trinajstić information content (AvgIpc) is 2.53. The lowest BCUT2D eigenvalue weighted by Gasteiger charge is -2.32. The summed E-state index contributed by atoms with van der Waals surface area (Å²) in [5.74, 6) is 1.15. The Morgan fingerprint density at radius 1 is 1.25 bits per heavy atom. The molecule has 1 aromatic rings. The number of hydrogen-bond acceptors (Lipinski definition) is 4. The second kappa shape index (κ2) is 7.40. The van der Waals surface area contributed by atoms with Crippen molar-refractivity contribution in [2.24, 2.45) is 0 Å². The SMILES string of the molecule is COc1cc(OC)c([C@H]2NC(=S)NC(C)=C2C(=O)N(C)C)cc1Br. The fourth-order valence-corrected chi connectivity index (χ4v) is 3.35. The summed E-state index contributed by atoms with van der Waals surface area (Å²) in [4.78, 5) is 14.2. The van der Waals surface area contributed by atoms with E-state index in [2.05, 4.69) is 26.6 Å². The number of nitrogens with one attached hydrogen (secondary N) is 2. The monoisotopic (exact) mass is 413 g/mol. The van der Waals surface area contributed by atoms with Crippen LogP contribution in [0, 0.1) is 0 Å². The Bertz CT molecular complexity index is 719. The number of hydrogen-bond donors (Lipinski definition) is 2. The first-order chi connectivity index (χ1) is 11.3. The molecule has 0 aromatic heterocycles. The molecule has 130 valence electrons. The third-order valence-corrected chi connectivity index (χ3v) is 4.56. The smallest absolute Gasteiger partial charge is 0.253 e. The molecule has 6 nitrogen and oxygen atoms in total. The van der Waals surface area contributed by atoms with Gasteiger partial charge in [0.05, 0.1) is 30.3 Å². The summed E-state index contributed by atoms with van der Waals surface area (Å²) in [5.41, 5.74) is 2.10. The third kappa shape index (κ3) is 3.49. The highest BCUT2D eigenvalue weighted by Crippen LogP contribution is 2.39. The predicted octanol–water partition coefficient (Wildman–Crippen LogP) is 2.35. The fraction of sp³-hybridized carbons (Fsp3) is 0.375. The number of benzene rings is 1. The molecular formula is C16H20BrN3O3S. The molecule has 0 bridgehead atoms. The maximum Gasteiger partial charge on any atom is 0.253 e. The van der Waals surface area contributed by atoms with E-state index >= 15 is 0 Å². The highest BCUT2D eigenvalue weighted by Gasteiger charge is 2.33. The van der Waals surface area contributed by atoms with Crippen LogP contribution in [0.15, 0.2) is 27.9 Å². The van der Waals surface area contributed by atoms with Crippen LogP contribution < -0.4 is 20.1 Å². The van der Waals surface area contributed by atoms with E-state index in [1.807, 2.05) is 13.0 Å². The first kappa shape index (κ1) is 18.5. The lowest BCUT2D eigenvalue weighted by Crippen LogP contribution is -2.46. The van der Waals surface area contributed by atoms with Gasteiger partial charge in [0.25, 0.3) is 5.91 Å². The Morgan fingerprint density at radius 3 is 2.42 bits per heavy atom. The maximum absolute atomic E-state index is 12.7. The molecule has 0 fully saturated rings. The lowest BCUT2D eigenvalue weighted by molar-refractivity contribution is -0.125. The van der Waals surface area contributed by atoms with Crippen LogP contribution in [0.1, 0.15) is 18.5 Å². The lowest BCUT2D eigenvalue weighted by atomic mass is 9.94. The summed E-state index contributed by atoms with van der Waals surface area (Å²) in [6.07, 6.45) is 0. The van der Waals surface area contributed by atoms with E-state index in [1.165, 1.54) is 4.90 Å². The van der Waals surface area contributed by atoms with E-state index in [4.69, 9.17) is 21.7 Å². The molecule has 0 saturated carbocycles. The van der Waals surface area contributed by atoms with Gasteiger partial charge >= 0.3 is 0 Å². The minimum absolute atomic E-state index is 0.103. The molecule has 1 aromatic carbocycles. The molecule has 1 heterocycles. The number of amides is 1. The van der Waals surface area contributed by atoms with E-state index in [-0.39, 0.29) is 5.91 Å². The quantitative estimate of drug-likeness (QED) is 0.738. The zero-order chi connectivity index (χ0) is 18.0. The first-order valence-electron chi connectivity index (χ1n) is 7.21. The summed E-state index contributed by atoms with van der Waals surface area (Å²) in [5, 5.41) is 6.64. The number of rotatable bonds is 4. The normalized spacial score (nSPS) is 17.1. The van der Waals surface area contributed by atoms with Crippen molar-refractivity contribution in [3.63, 3.8) is 0 Å². The molecular weight excluding hydrogens is 394 g/mol. The molecule has 0 unspecified atom stereocenters. The number of halogens is 1. The number of ether oxygens (including phenoxy) is 2. The van der Waals surface area contributed by atoms with Gasteiger partial charge in [-0.25, -0.2) is 0 Å². The van der Waals surface area contributed by atoms with Crippen molar-refractivity contribution in [3.05, 3.63) is 33.4 Å². The minimum atomic E-state index is -0.425. The molecule has 0 aliphatic carbocycles. The fourth-order valence-electron chi connectivity index (χ4n) is 2.56. The Hall–Kier alpha value is -1.80. The van der Waals surface area contributed by atoms with Gasteiger partial charge in [0.1, 0.15) is 11.5 Å². The topological polar surface area (TPSA) is 62.8 Å². The van der Waals surface area contributed by atoms with Crippen molar-refractivity contribution in [1.82, 2.24) is 15.5 Å². The van der Waals surface area contributed by atoms with Crippen LogP contribution in [0.5, 0.6) is 11.5 Å². The van der Waals surface area contributed by atoms with Gasteiger partial charge in [-0.15, -0.1) is 0 Å². The van der Waals surface area contributed by atoms with E-state index < -0.39 is 6.04 Å². The minimum Gasteiger partial charge on any atom is -0.496 e. The molecule has 2 rings (SSSR count). The number of carbonyl (C=O) groups excluding carboxylic acids is 1. The van der Waals surface area contributed by atoms with Crippen molar-refractivity contribution in [2.45, 2.75) is 13.0 Å². The summed E-state index contributed by atoms with van der Waals surface area (Å²) in [6.45, 7) is 1.84. The van der Waals surface area contributed by atoms with Crippen molar-refractivity contribution >= 4 is 39.2 Å². The number of carbonyl (C=O) groups is 1. The predicted molar refractivity (Wildman–Crippen MR) is 100 cm³/mol. The van der Waals surface area contributed by atoms with Crippen LogP contribution in [-0.2, 0) is 4.79 Å². The van der Waals surface area contributed by atoms with Crippen molar-refractivity contribution in [1.29, 1.82) is 0 Å². The molecule has 0 radical (unpaired) electrons. The number of methoxy groups -OCH3 is 2. The Labute approximate surface area is 155 Å². The Balaban J connectivity index is 2.63. The van der Waals surface area contributed by atoms with Gasteiger partial charge in [-0.05, 0) is 41.1 Å². The van der Waals surface area contributed by atoms with Crippen molar-refractivity contribution in [3.8, 4) is 11.5 Å². The second-order valence-corrected chi connectivity index (χ2v) is 6.76. The van der Waals surface area contributed by atoms with E-state index in [1.54, 1.807) is 34.4 Å². The molecule has 1 aliphatic heterocycles. The van der Waals surface area contributed by atoms with E-state index in [9.17, 15) is 4.79 Å². The van der Waals surface area contributed by atoms with Gasteiger partial charge in [-0.1, -0.05) is 0 Å². The maximum atomic E-state index is 12.7. The van der Waals surface area contributed by atoms with Gasteiger partial charge in [0.15, 0.2) is 5.11 Å². The van der Waals surface area contributed by atoms with Gasteiger partial charge in [-0.3, -0.25) is 4.79 Å². The van der Waals surface area contributed by atoms with Gasteiger partial charge in [0.2, 0.25) is 0 Å². The molecule has 1 aliphatic rings. The number of nitrogens with zero attached hydrogens (tertiary/aromatic N) is 1. The summed E-state index contributed by atoms with van der Waals surface area (Å²) in [7, 11) is 6.60. The third-order valence-electron chi connectivity index (χ3n) is 3.72. The van der Waals surface area contributed by atoms with Crippen LogP contribution in [0.4, 0.5) is 0 Å². The average molecular weight is 414 g/mol. The number of allylic oxidation sites excluding steroid dienone is 1. The first-order valence-corrected chi connectivity index (χ1v) is 8.41. The van der Waals surface area contributed by atoms with E-state index in [0.717, 1.165) is 15.7 Å². The summed E-state index contributed by atoms with van der Waals surface area (Å²) < 4.78 is 11.6. The molecule has 1 amide bonds. The second-order valence-electron chi connectivity index (χ2n) is 5.50. The van der Waals surface area contributed by atoms with Crippen LogP contribution in [-0.4, -0.2) is 44.2 Å². The molecule has 1 atom stereocenters. The van der Waals surface area contributed by atoms with Gasteiger partial charge in [-0.2, -0.15) is 0 Å².